The van der Waals surface area contributed by atoms with Crippen molar-refractivity contribution in [2.45, 2.75) is 44.2 Å². The first-order chi connectivity index (χ1) is 17.8. The molecule has 2 N–H and O–H groups in total. The number of nitrogens with zero attached hydrogens (tertiary/aromatic N) is 2. The van der Waals surface area contributed by atoms with E-state index >= 15 is 0 Å². The molecule has 10 heteroatoms. The van der Waals surface area contributed by atoms with Crippen LogP contribution in [0.5, 0.6) is 0 Å². The van der Waals surface area contributed by atoms with Gasteiger partial charge in [0.1, 0.15) is 0 Å². The van der Waals surface area contributed by atoms with Crippen molar-refractivity contribution in [3.8, 4) is 0 Å². The summed E-state index contributed by atoms with van der Waals surface area (Å²) in [7, 11) is 3.73. The monoisotopic (exact) mass is 528 g/mol. The highest BCUT2D eigenvalue weighted by Crippen LogP contribution is 2.27. The van der Waals surface area contributed by atoms with E-state index in [-0.39, 0.29) is 24.1 Å². The Kier molecular flexibility index (Phi) is 9.09. The molecular weight excluding hydrogens is 492 g/mol. The van der Waals surface area contributed by atoms with E-state index in [0.29, 0.717) is 37.5 Å². The van der Waals surface area contributed by atoms with Gasteiger partial charge in [0.25, 0.3) is 11.5 Å². The third-order valence-corrected chi connectivity index (χ3v) is 7.69. The Morgan fingerprint density at radius 2 is 2.00 bits per heavy atom. The Bertz CT molecular complexity index is 1300. The maximum Gasteiger partial charge on any atom is 0.254 e. The molecule has 1 aromatic carbocycles. The Morgan fingerprint density at radius 1 is 1.27 bits per heavy atom. The predicted octanol–water partition coefficient (Wildman–Crippen LogP) is 2.92. The minimum atomic E-state index is -0.409. The molecule has 1 amide bonds. The Morgan fingerprint density at radius 3 is 2.70 bits per heavy atom. The summed E-state index contributed by atoms with van der Waals surface area (Å²) >= 11 is 1.49. The minimum absolute atomic E-state index is 0.149. The zero-order valence-electron chi connectivity index (χ0n) is 22.1. The molecule has 37 heavy (non-hydrogen) atoms. The summed E-state index contributed by atoms with van der Waals surface area (Å²) in [5, 5.41) is 3.83. The number of pyridine rings is 1. The number of fused-ring (bicyclic) bond motifs is 1. The standard InChI is InChI=1S/C27H36N4O5S/c1-17-12-23(37-5)21(26(32)29-17)13-28-27(33)25-18(2)31(22-9-7-6-8-20(22)25)14-24-35-15-19(16-36-24)30(3)10-11-34-4/h6-9,12,19,24H,10-11,13-16H2,1-5H3,(H,28,33)(H,29,32). The lowest BCUT2D eigenvalue weighted by Crippen LogP contribution is -2.47. The lowest BCUT2D eigenvalue weighted by molar-refractivity contribution is -0.208. The van der Waals surface area contributed by atoms with Crippen LogP contribution in [-0.4, -0.2) is 79.5 Å². The van der Waals surface area contributed by atoms with Crippen LogP contribution in [0, 0.1) is 13.8 Å². The number of methoxy groups -OCH3 is 1. The van der Waals surface area contributed by atoms with Crippen LogP contribution in [0.15, 0.2) is 40.0 Å². The SMILES string of the molecule is COCCN(C)C1COC(Cn2c(C)c(C(=O)NCc3c(SC)cc(C)[nH]c3=O)c3ccccc32)OC1. The Labute approximate surface area is 221 Å². The number of carbonyl (C=O) groups excluding carboxylic acids is 1. The van der Waals surface area contributed by atoms with Gasteiger partial charge in [-0.3, -0.25) is 14.5 Å². The van der Waals surface area contributed by atoms with Gasteiger partial charge in [-0.1, -0.05) is 18.2 Å². The second-order valence-electron chi connectivity index (χ2n) is 9.32. The predicted molar refractivity (Wildman–Crippen MR) is 145 cm³/mol. The first-order valence-electron chi connectivity index (χ1n) is 12.4. The highest BCUT2D eigenvalue weighted by Gasteiger charge is 2.27. The quantitative estimate of drug-likeness (QED) is 0.391. The van der Waals surface area contributed by atoms with E-state index in [1.54, 1.807) is 7.11 Å². The van der Waals surface area contributed by atoms with Crippen molar-refractivity contribution in [1.29, 1.82) is 0 Å². The van der Waals surface area contributed by atoms with Gasteiger partial charge in [0.15, 0.2) is 6.29 Å². The van der Waals surface area contributed by atoms with Crippen molar-refractivity contribution >= 4 is 28.6 Å². The fraction of sp³-hybridized carbons (Fsp3) is 0.481. The minimum Gasteiger partial charge on any atom is -0.383 e. The van der Waals surface area contributed by atoms with E-state index in [1.165, 1.54) is 11.8 Å². The van der Waals surface area contributed by atoms with E-state index in [1.807, 2.05) is 57.5 Å². The Hall–Kier alpha value is -2.63. The highest BCUT2D eigenvalue weighted by molar-refractivity contribution is 7.98. The van der Waals surface area contributed by atoms with E-state index in [0.717, 1.165) is 33.7 Å². The van der Waals surface area contributed by atoms with Crippen LogP contribution < -0.4 is 10.9 Å². The highest BCUT2D eigenvalue weighted by atomic mass is 32.2. The molecule has 0 unspecified atom stereocenters. The fourth-order valence-corrected chi connectivity index (χ4v) is 5.41. The molecule has 0 saturated carbocycles. The third kappa shape index (κ3) is 6.10. The van der Waals surface area contributed by atoms with Gasteiger partial charge in [-0.05, 0) is 39.3 Å². The first-order valence-corrected chi connectivity index (χ1v) is 13.6. The van der Waals surface area contributed by atoms with Gasteiger partial charge in [0, 0.05) is 52.9 Å². The molecule has 3 aromatic rings. The average Bonchev–Trinajstić information content (AvgIpc) is 3.17. The van der Waals surface area contributed by atoms with Crippen molar-refractivity contribution in [1.82, 2.24) is 19.8 Å². The molecule has 0 spiro atoms. The third-order valence-electron chi connectivity index (χ3n) is 6.89. The summed E-state index contributed by atoms with van der Waals surface area (Å²) in [6, 6.07) is 9.93. The molecule has 3 heterocycles. The first kappa shape index (κ1) is 27.4. The summed E-state index contributed by atoms with van der Waals surface area (Å²) < 4.78 is 19.4. The van der Waals surface area contributed by atoms with Gasteiger partial charge < -0.3 is 29.1 Å². The van der Waals surface area contributed by atoms with Gasteiger partial charge >= 0.3 is 0 Å². The molecule has 4 rings (SSSR count). The molecule has 0 aliphatic carbocycles. The molecule has 0 bridgehead atoms. The lowest BCUT2D eigenvalue weighted by Gasteiger charge is -2.35. The zero-order valence-corrected chi connectivity index (χ0v) is 22.9. The maximum absolute atomic E-state index is 13.4. The zero-order chi connectivity index (χ0) is 26.5. The van der Waals surface area contributed by atoms with Crippen molar-refractivity contribution in [2.75, 3.05) is 46.8 Å². The van der Waals surface area contributed by atoms with E-state index in [4.69, 9.17) is 14.2 Å². The number of H-pyrrole nitrogens is 1. The molecule has 1 aliphatic rings. The van der Waals surface area contributed by atoms with Crippen LogP contribution in [0.3, 0.4) is 0 Å². The number of aryl methyl sites for hydroxylation is 1. The summed E-state index contributed by atoms with van der Waals surface area (Å²) in [6.07, 6.45) is 1.51. The van der Waals surface area contributed by atoms with Crippen LogP contribution in [0.25, 0.3) is 10.9 Å². The summed E-state index contributed by atoms with van der Waals surface area (Å²) in [4.78, 5) is 31.8. The normalized spacial score (nSPS) is 18.0. The maximum atomic E-state index is 13.4. The number of rotatable bonds is 10. The van der Waals surface area contributed by atoms with Gasteiger partial charge in [-0.25, -0.2) is 0 Å². The van der Waals surface area contributed by atoms with E-state index < -0.39 is 6.29 Å². The number of likely N-dealkylation sites (N-methyl/N-ethyl adjacent to an activating group) is 1. The van der Waals surface area contributed by atoms with Gasteiger partial charge in [0.05, 0.1) is 38.0 Å². The fourth-order valence-electron chi connectivity index (χ4n) is 4.71. The van der Waals surface area contributed by atoms with Crippen LogP contribution in [0.1, 0.15) is 27.3 Å². The topological polar surface area (TPSA) is 97.8 Å². The number of para-hydroxylation sites is 1. The molecule has 0 radical (unpaired) electrons. The molecule has 200 valence electrons. The number of aromatic nitrogens is 2. The number of thioether (sulfide) groups is 1. The molecule has 1 saturated heterocycles. The number of aromatic amines is 1. The second kappa shape index (κ2) is 12.3. The number of carbonyl (C=O) groups is 1. The van der Waals surface area contributed by atoms with Crippen molar-refractivity contribution in [3.05, 3.63) is 63.2 Å². The molecular formula is C27H36N4O5S. The smallest absolute Gasteiger partial charge is 0.254 e. The lowest BCUT2D eigenvalue weighted by atomic mass is 10.1. The van der Waals surface area contributed by atoms with Gasteiger partial charge in [-0.15, -0.1) is 11.8 Å². The van der Waals surface area contributed by atoms with Crippen molar-refractivity contribution in [3.63, 3.8) is 0 Å². The number of hydrogen-bond acceptors (Lipinski definition) is 7. The number of amides is 1. The Balaban J connectivity index is 1.50. The average molecular weight is 529 g/mol. The number of benzene rings is 1. The van der Waals surface area contributed by atoms with Crippen molar-refractivity contribution < 1.29 is 19.0 Å². The van der Waals surface area contributed by atoms with Crippen molar-refractivity contribution in [2.24, 2.45) is 0 Å². The summed E-state index contributed by atoms with van der Waals surface area (Å²) in [5.74, 6) is -0.218. The molecule has 1 fully saturated rings. The van der Waals surface area contributed by atoms with Gasteiger partial charge in [-0.2, -0.15) is 0 Å². The van der Waals surface area contributed by atoms with E-state index in [9.17, 15) is 9.59 Å². The summed E-state index contributed by atoms with van der Waals surface area (Å²) in [5.41, 5.74) is 3.53. The number of nitrogens with one attached hydrogen (secondary N) is 2. The second-order valence-corrected chi connectivity index (χ2v) is 10.2. The summed E-state index contributed by atoms with van der Waals surface area (Å²) in [6.45, 7) is 7.02. The van der Waals surface area contributed by atoms with Crippen LogP contribution in [-0.2, 0) is 27.3 Å². The number of hydrogen-bond donors (Lipinski definition) is 2. The number of ether oxygens (including phenoxy) is 3. The van der Waals surface area contributed by atoms with Gasteiger partial charge in [0.2, 0.25) is 0 Å². The molecule has 1 aliphatic heterocycles. The largest absolute Gasteiger partial charge is 0.383 e. The molecule has 0 atom stereocenters. The van der Waals surface area contributed by atoms with Crippen LogP contribution >= 0.6 is 11.8 Å². The van der Waals surface area contributed by atoms with E-state index in [2.05, 4.69) is 19.8 Å². The molecule has 9 nitrogen and oxygen atoms in total. The molecule has 2 aromatic heterocycles. The van der Waals surface area contributed by atoms with Crippen LogP contribution in [0.4, 0.5) is 0 Å². The van der Waals surface area contributed by atoms with Crippen LogP contribution in [0.2, 0.25) is 0 Å².